The molecule has 0 aromatic carbocycles. The van der Waals surface area contributed by atoms with Crippen LogP contribution in [-0.2, 0) is 9.53 Å². The van der Waals surface area contributed by atoms with Gasteiger partial charge in [-0.05, 0) is 42.9 Å². The number of carbonyl (C=O) groups is 1. The number of rotatable bonds is 3. The summed E-state index contributed by atoms with van der Waals surface area (Å²) in [6.07, 6.45) is 5.09. The molecule has 4 heteroatoms. The highest BCUT2D eigenvalue weighted by molar-refractivity contribution is 5.81. The lowest BCUT2D eigenvalue weighted by molar-refractivity contribution is -0.126. The number of hydrogen-bond donors (Lipinski definition) is 2. The van der Waals surface area contributed by atoms with Gasteiger partial charge in [-0.1, -0.05) is 20.8 Å². The molecule has 0 spiro atoms. The fraction of sp³-hybridized carbons (Fsp3) is 0.938. The third kappa shape index (κ3) is 4.45. The van der Waals surface area contributed by atoms with E-state index in [9.17, 15) is 4.79 Å². The minimum absolute atomic E-state index is 0.0997. The summed E-state index contributed by atoms with van der Waals surface area (Å²) in [5.74, 6) is 1.59. The Morgan fingerprint density at radius 3 is 2.50 bits per heavy atom. The summed E-state index contributed by atoms with van der Waals surface area (Å²) in [7, 11) is 0. The number of ether oxygens (including phenoxy) is 1. The van der Waals surface area contributed by atoms with Crippen molar-refractivity contribution in [2.75, 3.05) is 26.3 Å². The van der Waals surface area contributed by atoms with Crippen molar-refractivity contribution in [2.45, 2.75) is 52.5 Å². The molecule has 2 N–H and O–H groups in total. The summed E-state index contributed by atoms with van der Waals surface area (Å²) in [6.45, 7) is 9.84. The molecule has 1 heterocycles. The molecular formula is C16H30N2O2. The lowest BCUT2D eigenvalue weighted by Crippen LogP contribution is -2.52. The van der Waals surface area contributed by atoms with Crippen molar-refractivity contribution in [3.8, 4) is 0 Å². The van der Waals surface area contributed by atoms with Crippen molar-refractivity contribution in [1.29, 1.82) is 0 Å². The molecule has 0 radical (unpaired) electrons. The predicted octanol–water partition coefficient (Wildman–Crippen LogP) is 1.94. The van der Waals surface area contributed by atoms with Crippen LogP contribution in [0.5, 0.6) is 0 Å². The van der Waals surface area contributed by atoms with Crippen molar-refractivity contribution in [3.63, 3.8) is 0 Å². The molecule has 1 unspecified atom stereocenters. The highest BCUT2D eigenvalue weighted by Gasteiger charge is 2.30. The summed E-state index contributed by atoms with van der Waals surface area (Å²) >= 11 is 0. The van der Waals surface area contributed by atoms with Crippen LogP contribution in [0, 0.1) is 17.3 Å². The van der Waals surface area contributed by atoms with E-state index in [0.717, 1.165) is 19.0 Å². The maximum absolute atomic E-state index is 12.0. The molecule has 1 saturated carbocycles. The van der Waals surface area contributed by atoms with Crippen LogP contribution in [0.25, 0.3) is 0 Å². The minimum Gasteiger partial charge on any atom is -0.378 e. The van der Waals surface area contributed by atoms with E-state index < -0.39 is 0 Å². The average molecular weight is 282 g/mol. The molecule has 0 bridgehead atoms. The van der Waals surface area contributed by atoms with Gasteiger partial charge in [0.2, 0.25) is 5.91 Å². The smallest absolute Gasteiger partial charge is 0.239 e. The van der Waals surface area contributed by atoms with Crippen molar-refractivity contribution in [3.05, 3.63) is 0 Å². The summed E-state index contributed by atoms with van der Waals surface area (Å²) in [6, 6.07) is -0.158. The Bertz CT molecular complexity index is 311. The van der Waals surface area contributed by atoms with Crippen LogP contribution in [0.2, 0.25) is 0 Å². The first kappa shape index (κ1) is 15.8. The zero-order chi connectivity index (χ0) is 14.6. The third-order valence-electron chi connectivity index (χ3n) is 4.87. The molecular weight excluding hydrogens is 252 g/mol. The Kier molecular flexibility index (Phi) is 5.44. The number of morpholine rings is 1. The van der Waals surface area contributed by atoms with Crippen LogP contribution in [0.1, 0.15) is 46.5 Å². The van der Waals surface area contributed by atoms with Gasteiger partial charge in [0.15, 0.2) is 0 Å². The predicted molar refractivity (Wildman–Crippen MR) is 80.5 cm³/mol. The second kappa shape index (κ2) is 6.90. The summed E-state index contributed by atoms with van der Waals surface area (Å²) in [4.78, 5) is 12.0. The number of nitrogens with one attached hydrogen (secondary N) is 2. The molecule has 20 heavy (non-hydrogen) atoms. The lowest BCUT2D eigenvalue weighted by Gasteiger charge is -2.37. The van der Waals surface area contributed by atoms with E-state index in [0.29, 0.717) is 24.5 Å². The summed E-state index contributed by atoms with van der Waals surface area (Å²) in [5, 5.41) is 6.29. The zero-order valence-corrected chi connectivity index (χ0v) is 13.2. The van der Waals surface area contributed by atoms with E-state index in [1.54, 1.807) is 0 Å². The Morgan fingerprint density at radius 1 is 1.25 bits per heavy atom. The van der Waals surface area contributed by atoms with Gasteiger partial charge in [-0.25, -0.2) is 0 Å². The van der Waals surface area contributed by atoms with E-state index in [4.69, 9.17) is 4.74 Å². The van der Waals surface area contributed by atoms with Crippen LogP contribution in [0.4, 0.5) is 0 Å². The van der Waals surface area contributed by atoms with E-state index >= 15 is 0 Å². The van der Waals surface area contributed by atoms with Crippen molar-refractivity contribution in [1.82, 2.24) is 10.6 Å². The van der Waals surface area contributed by atoms with E-state index in [-0.39, 0.29) is 11.9 Å². The lowest BCUT2D eigenvalue weighted by atomic mass is 9.70. The second-order valence-electron chi connectivity index (χ2n) is 7.41. The SMILES string of the molecule is CC(C)(C)C1CCC(CNC(=O)C2COCCN2)CC1. The Labute approximate surface area is 123 Å². The molecule has 1 aliphatic heterocycles. The van der Waals surface area contributed by atoms with Crippen LogP contribution < -0.4 is 10.6 Å². The van der Waals surface area contributed by atoms with Gasteiger partial charge < -0.3 is 15.4 Å². The van der Waals surface area contributed by atoms with Crippen molar-refractivity contribution < 1.29 is 9.53 Å². The van der Waals surface area contributed by atoms with Crippen molar-refractivity contribution in [2.24, 2.45) is 17.3 Å². The summed E-state index contributed by atoms with van der Waals surface area (Å²) < 4.78 is 5.32. The van der Waals surface area contributed by atoms with Gasteiger partial charge in [-0.2, -0.15) is 0 Å². The standard InChI is InChI=1S/C16H30N2O2/c1-16(2,3)13-6-4-12(5-7-13)10-18-15(19)14-11-20-9-8-17-14/h12-14,17H,4-11H2,1-3H3,(H,18,19). The highest BCUT2D eigenvalue weighted by Crippen LogP contribution is 2.39. The Hall–Kier alpha value is -0.610. The zero-order valence-electron chi connectivity index (χ0n) is 13.2. The number of amides is 1. The van der Waals surface area contributed by atoms with Gasteiger partial charge in [0.1, 0.15) is 6.04 Å². The molecule has 1 atom stereocenters. The van der Waals surface area contributed by atoms with E-state index in [1.165, 1.54) is 25.7 Å². The maximum Gasteiger partial charge on any atom is 0.239 e. The van der Waals surface area contributed by atoms with Crippen LogP contribution in [-0.4, -0.2) is 38.3 Å². The molecule has 2 fully saturated rings. The monoisotopic (exact) mass is 282 g/mol. The first-order valence-electron chi connectivity index (χ1n) is 8.05. The molecule has 2 rings (SSSR count). The first-order chi connectivity index (χ1) is 9.47. The van der Waals surface area contributed by atoms with Gasteiger partial charge in [-0.3, -0.25) is 4.79 Å². The number of carbonyl (C=O) groups excluding carboxylic acids is 1. The molecule has 1 saturated heterocycles. The molecule has 1 aliphatic carbocycles. The highest BCUT2D eigenvalue weighted by atomic mass is 16.5. The quantitative estimate of drug-likeness (QED) is 0.832. The molecule has 0 aromatic rings. The fourth-order valence-corrected chi connectivity index (χ4v) is 3.33. The normalized spacial score (nSPS) is 31.9. The van der Waals surface area contributed by atoms with E-state index in [2.05, 4.69) is 31.4 Å². The van der Waals surface area contributed by atoms with Gasteiger partial charge in [0.05, 0.1) is 13.2 Å². The molecule has 0 aromatic heterocycles. The van der Waals surface area contributed by atoms with Gasteiger partial charge >= 0.3 is 0 Å². The topological polar surface area (TPSA) is 50.4 Å². The van der Waals surface area contributed by atoms with Crippen molar-refractivity contribution >= 4 is 5.91 Å². The minimum atomic E-state index is -0.158. The van der Waals surface area contributed by atoms with Crippen LogP contribution >= 0.6 is 0 Å². The number of hydrogen-bond acceptors (Lipinski definition) is 3. The van der Waals surface area contributed by atoms with Gasteiger partial charge in [-0.15, -0.1) is 0 Å². The van der Waals surface area contributed by atoms with Gasteiger partial charge in [0.25, 0.3) is 0 Å². The van der Waals surface area contributed by atoms with E-state index in [1.807, 2.05) is 0 Å². The molecule has 116 valence electrons. The maximum atomic E-state index is 12.0. The largest absolute Gasteiger partial charge is 0.378 e. The summed E-state index contributed by atoms with van der Waals surface area (Å²) in [5.41, 5.74) is 0.428. The second-order valence-corrected chi connectivity index (χ2v) is 7.41. The average Bonchev–Trinajstić information content (AvgIpc) is 2.45. The van der Waals surface area contributed by atoms with Gasteiger partial charge in [0, 0.05) is 13.1 Å². The fourth-order valence-electron chi connectivity index (χ4n) is 3.33. The first-order valence-corrected chi connectivity index (χ1v) is 8.05. The molecule has 1 amide bonds. The Balaban J connectivity index is 1.67. The molecule has 4 nitrogen and oxygen atoms in total. The Morgan fingerprint density at radius 2 is 1.95 bits per heavy atom. The van der Waals surface area contributed by atoms with Crippen LogP contribution in [0.3, 0.4) is 0 Å². The van der Waals surface area contributed by atoms with Crippen LogP contribution in [0.15, 0.2) is 0 Å². The third-order valence-corrected chi connectivity index (χ3v) is 4.87. The molecule has 2 aliphatic rings.